The number of rotatable bonds is 5. The largest absolute Gasteiger partial charge is 0.379 e. The second-order valence-electron chi connectivity index (χ2n) is 4.43. The molecule has 0 N–H and O–H groups in total. The highest BCUT2D eigenvalue weighted by Gasteiger charge is 2.29. The molecule has 0 aromatic rings. The number of hydrogen-bond donors (Lipinski definition) is 0. The molecule has 0 aromatic carbocycles. The van der Waals surface area contributed by atoms with E-state index in [0.717, 1.165) is 19.2 Å². The molecule has 88 valence electrons. The average Bonchev–Trinajstić information content (AvgIpc) is 2.71. The lowest BCUT2D eigenvalue weighted by Gasteiger charge is -2.37. The Morgan fingerprint density at radius 3 is 3.00 bits per heavy atom. The summed E-state index contributed by atoms with van der Waals surface area (Å²) in [5.74, 6) is 0.608. The third kappa shape index (κ3) is 3.31. The molecule has 0 aromatic heterocycles. The van der Waals surface area contributed by atoms with Crippen LogP contribution in [0.3, 0.4) is 0 Å². The first kappa shape index (κ1) is 11.6. The van der Waals surface area contributed by atoms with E-state index in [1.54, 1.807) is 0 Å². The first-order valence-corrected chi connectivity index (χ1v) is 6.53. The van der Waals surface area contributed by atoms with Gasteiger partial charge in [-0.05, 0) is 19.4 Å². The van der Waals surface area contributed by atoms with E-state index in [4.69, 9.17) is 16.3 Å². The lowest BCUT2D eigenvalue weighted by atomic mass is 10.1. The number of ether oxygens (including phenoxy) is 1. The van der Waals surface area contributed by atoms with Crippen molar-refractivity contribution in [1.82, 2.24) is 9.80 Å². The second-order valence-corrected chi connectivity index (χ2v) is 4.81. The van der Waals surface area contributed by atoms with Crippen LogP contribution in [0.4, 0.5) is 0 Å². The predicted molar refractivity (Wildman–Crippen MR) is 62.6 cm³/mol. The van der Waals surface area contributed by atoms with Gasteiger partial charge in [0.05, 0.1) is 13.2 Å². The number of piperazine rings is 1. The van der Waals surface area contributed by atoms with Crippen molar-refractivity contribution in [1.29, 1.82) is 0 Å². The van der Waals surface area contributed by atoms with Gasteiger partial charge < -0.3 is 4.74 Å². The van der Waals surface area contributed by atoms with Crippen LogP contribution in [0.5, 0.6) is 0 Å². The Kier molecular flexibility index (Phi) is 4.69. The molecule has 15 heavy (non-hydrogen) atoms. The fraction of sp³-hybridized carbons (Fsp3) is 1.00. The molecular weight excluding hydrogens is 212 g/mol. The average molecular weight is 233 g/mol. The smallest absolute Gasteiger partial charge is 0.0602 e. The van der Waals surface area contributed by atoms with Crippen molar-refractivity contribution in [3.63, 3.8) is 0 Å². The standard InChI is InChI=1S/C11H21ClN2O/c12-3-8-15-9-7-13-5-6-14-4-1-2-11(14)10-13/h11H,1-10H2. The monoisotopic (exact) mass is 232 g/mol. The van der Waals surface area contributed by atoms with E-state index >= 15 is 0 Å². The number of alkyl halides is 1. The van der Waals surface area contributed by atoms with Crippen LogP contribution in [-0.4, -0.2) is 67.7 Å². The molecule has 2 aliphatic heterocycles. The maximum Gasteiger partial charge on any atom is 0.0602 e. The molecule has 0 spiro atoms. The van der Waals surface area contributed by atoms with E-state index in [-0.39, 0.29) is 0 Å². The summed E-state index contributed by atoms with van der Waals surface area (Å²) in [5, 5.41) is 0. The third-order valence-electron chi connectivity index (χ3n) is 3.44. The molecule has 0 aliphatic carbocycles. The number of fused-ring (bicyclic) bond motifs is 1. The Bertz CT molecular complexity index is 191. The van der Waals surface area contributed by atoms with Gasteiger partial charge in [-0.25, -0.2) is 0 Å². The highest BCUT2D eigenvalue weighted by molar-refractivity contribution is 6.17. The Morgan fingerprint density at radius 1 is 1.20 bits per heavy atom. The van der Waals surface area contributed by atoms with Crippen molar-refractivity contribution in [2.75, 3.05) is 51.8 Å². The van der Waals surface area contributed by atoms with Crippen LogP contribution in [0.1, 0.15) is 12.8 Å². The Labute approximate surface area is 97.3 Å². The lowest BCUT2D eigenvalue weighted by Crippen LogP contribution is -2.50. The van der Waals surface area contributed by atoms with Gasteiger partial charge in [-0.1, -0.05) is 0 Å². The van der Waals surface area contributed by atoms with Gasteiger partial charge in [0.2, 0.25) is 0 Å². The van der Waals surface area contributed by atoms with E-state index in [1.165, 1.54) is 39.0 Å². The molecule has 2 fully saturated rings. The van der Waals surface area contributed by atoms with Crippen LogP contribution in [0.25, 0.3) is 0 Å². The van der Waals surface area contributed by atoms with E-state index < -0.39 is 0 Å². The zero-order valence-electron chi connectivity index (χ0n) is 9.33. The molecule has 1 unspecified atom stereocenters. The molecule has 4 heteroatoms. The van der Waals surface area contributed by atoms with Crippen LogP contribution in [0.2, 0.25) is 0 Å². The fourth-order valence-electron chi connectivity index (χ4n) is 2.61. The van der Waals surface area contributed by atoms with Crippen molar-refractivity contribution < 1.29 is 4.74 Å². The van der Waals surface area contributed by atoms with E-state index in [1.807, 2.05) is 0 Å². The summed E-state index contributed by atoms with van der Waals surface area (Å²) in [4.78, 5) is 5.16. The van der Waals surface area contributed by atoms with Crippen molar-refractivity contribution >= 4 is 11.6 Å². The van der Waals surface area contributed by atoms with E-state index in [9.17, 15) is 0 Å². The van der Waals surface area contributed by atoms with Gasteiger partial charge in [-0.15, -0.1) is 11.6 Å². The molecule has 0 amide bonds. The van der Waals surface area contributed by atoms with Gasteiger partial charge in [0.1, 0.15) is 0 Å². The van der Waals surface area contributed by atoms with E-state index in [0.29, 0.717) is 12.5 Å². The summed E-state index contributed by atoms with van der Waals surface area (Å²) in [7, 11) is 0. The Balaban J connectivity index is 1.62. The van der Waals surface area contributed by atoms with Crippen LogP contribution >= 0.6 is 11.6 Å². The van der Waals surface area contributed by atoms with E-state index in [2.05, 4.69) is 9.80 Å². The van der Waals surface area contributed by atoms with Gasteiger partial charge in [0.15, 0.2) is 0 Å². The van der Waals surface area contributed by atoms with Gasteiger partial charge in [-0.2, -0.15) is 0 Å². The second kappa shape index (κ2) is 6.04. The molecule has 1 atom stereocenters. The summed E-state index contributed by atoms with van der Waals surface area (Å²) in [6.07, 6.45) is 2.78. The van der Waals surface area contributed by atoms with Gasteiger partial charge in [0, 0.05) is 38.1 Å². The SMILES string of the molecule is ClCCOCCN1CCN2CCCC2C1. The number of halogens is 1. The maximum atomic E-state index is 5.55. The fourth-order valence-corrected chi connectivity index (χ4v) is 2.72. The zero-order valence-corrected chi connectivity index (χ0v) is 10.1. The molecule has 2 aliphatic rings. The minimum absolute atomic E-state index is 0.608. The summed E-state index contributed by atoms with van der Waals surface area (Å²) < 4.78 is 5.41. The van der Waals surface area contributed by atoms with Crippen molar-refractivity contribution in [3.05, 3.63) is 0 Å². The molecule has 3 nitrogen and oxygen atoms in total. The van der Waals surface area contributed by atoms with Crippen molar-refractivity contribution in [3.8, 4) is 0 Å². The van der Waals surface area contributed by atoms with Gasteiger partial charge in [-0.3, -0.25) is 9.80 Å². The van der Waals surface area contributed by atoms with Crippen molar-refractivity contribution in [2.24, 2.45) is 0 Å². The summed E-state index contributed by atoms with van der Waals surface area (Å²) >= 11 is 5.55. The zero-order chi connectivity index (χ0) is 10.5. The van der Waals surface area contributed by atoms with Crippen molar-refractivity contribution in [2.45, 2.75) is 18.9 Å². The molecule has 2 saturated heterocycles. The minimum atomic E-state index is 0.608. The quantitative estimate of drug-likeness (QED) is 0.520. The minimum Gasteiger partial charge on any atom is -0.379 e. The molecule has 2 rings (SSSR count). The first-order chi connectivity index (χ1) is 7.40. The van der Waals surface area contributed by atoms with Crippen LogP contribution < -0.4 is 0 Å². The number of hydrogen-bond acceptors (Lipinski definition) is 3. The molecule has 2 heterocycles. The number of nitrogens with zero attached hydrogens (tertiary/aromatic N) is 2. The highest BCUT2D eigenvalue weighted by atomic mass is 35.5. The Morgan fingerprint density at radius 2 is 2.13 bits per heavy atom. The summed E-state index contributed by atoms with van der Waals surface area (Å²) in [6.45, 7) is 7.61. The molecular formula is C11H21ClN2O. The van der Waals surface area contributed by atoms with Crippen LogP contribution in [-0.2, 0) is 4.74 Å². The first-order valence-electron chi connectivity index (χ1n) is 6.00. The lowest BCUT2D eigenvalue weighted by molar-refractivity contribution is 0.0664. The Hall–Kier alpha value is 0.170. The summed E-state index contributed by atoms with van der Waals surface area (Å²) in [5.41, 5.74) is 0. The topological polar surface area (TPSA) is 15.7 Å². The maximum absolute atomic E-state index is 5.55. The normalized spacial score (nSPS) is 28.2. The molecule has 0 bridgehead atoms. The van der Waals surface area contributed by atoms with Crippen LogP contribution in [0, 0.1) is 0 Å². The van der Waals surface area contributed by atoms with Gasteiger partial charge in [0.25, 0.3) is 0 Å². The summed E-state index contributed by atoms with van der Waals surface area (Å²) in [6, 6.07) is 0.826. The highest BCUT2D eigenvalue weighted by Crippen LogP contribution is 2.20. The van der Waals surface area contributed by atoms with Gasteiger partial charge >= 0.3 is 0 Å². The predicted octanol–water partition coefficient (Wildman–Crippen LogP) is 1.02. The molecule has 0 radical (unpaired) electrons. The molecule has 0 saturated carbocycles. The third-order valence-corrected chi connectivity index (χ3v) is 3.60. The van der Waals surface area contributed by atoms with Crippen LogP contribution in [0.15, 0.2) is 0 Å².